The molecule has 4 atom stereocenters. The Hall–Kier alpha value is -4.26. The molecular formula is C37H54N4O8S. The van der Waals surface area contributed by atoms with Crippen molar-refractivity contribution in [3.63, 3.8) is 0 Å². The lowest BCUT2D eigenvalue weighted by Crippen LogP contribution is -2.59. The van der Waals surface area contributed by atoms with E-state index in [2.05, 4.69) is 22.2 Å². The van der Waals surface area contributed by atoms with Crippen molar-refractivity contribution in [3.05, 3.63) is 64.6 Å². The second-order valence-corrected chi connectivity index (χ2v) is 15.0. The zero-order valence-electron chi connectivity index (χ0n) is 30.8. The molecule has 0 bridgehead atoms. The molecule has 0 aliphatic carbocycles. The summed E-state index contributed by atoms with van der Waals surface area (Å²) in [6.07, 6.45) is 1.87. The van der Waals surface area contributed by atoms with Crippen LogP contribution in [0.2, 0.25) is 0 Å². The van der Waals surface area contributed by atoms with Gasteiger partial charge in [-0.05, 0) is 58.9 Å². The van der Waals surface area contributed by atoms with Crippen molar-refractivity contribution in [2.75, 3.05) is 13.7 Å². The highest BCUT2D eigenvalue weighted by molar-refractivity contribution is 7.09. The minimum absolute atomic E-state index is 0.0113. The van der Waals surface area contributed by atoms with Gasteiger partial charge in [0, 0.05) is 31.3 Å². The highest BCUT2D eigenvalue weighted by Crippen LogP contribution is 2.32. The number of aromatic nitrogens is 1. The van der Waals surface area contributed by atoms with Crippen LogP contribution in [0.4, 0.5) is 4.79 Å². The number of amides is 3. The predicted molar refractivity (Wildman–Crippen MR) is 192 cm³/mol. The largest absolute Gasteiger partial charge is 0.461 e. The molecule has 2 aromatic rings. The van der Waals surface area contributed by atoms with Crippen LogP contribution in [-0.2, 0) is 35.0 Å². The van der Waals surface area contributed by atoms with Crippen molar-refractivity contribution in [1.82, 2.24) is 20.5 Å². The third-order valence-corrected chi connectivity index (χ3v) is 9.00. The van der Waals surface area contributed by atoms with Gasteiger partial charge in [-0.15, -0.1) is 11.3 Å². The second kappa shape index (κ2) is 19.2. The number of esters is 2. The van der Waals surface area contributed by atoms with Gasteiger partial charge in [0.2, 0.25) is 6.41 Å². The summed E-state index contributed by atoms with van der Waals surface area (Å²) in [7, 11) is 1.65. The normalized spacial score (nSPS) is 14.0. The summed E-state index contributed by atoms with van der Waals surface area (Å²) < 4.78 is 16.9. The molecule has 13 heteroatoms. The van der Waals surface area contributed by atoms with Crippen LogP contribution in [0.1, 0.15) is 102 Å². The number of nitrogens with zero attached hydrogens (tertiary/aromatic N) is 2. The van der Waals surface area contributed by atoms with Gasteiger partial charge in [0.1, 0.15) is 22.9 Å². The van der Waals surface area contributed by atoms with Crippen molar-refractivity contribution in [2.45, 2.75) is 111 Å². The summed E-state index contributed by atoms with van der Waals surface area (Å²) in [5.41, 5.74) is -1.02. The molecule has 0 fully saturated rings. The molecule has 1 aromatic heterocycles. The highest BCUT2D eigenvalue weighted by Gasteiger charge is 2.43. The van der Waals surface area contributed by atoms with Gasteiger partial charge in [0.05, 0.1) is 17.5 Å². The average molecular weight is 715 g/mol. The number of rotatable bonds is 19. The molecule has 0 saturated carbocycles. The Morgan fingerprint density at radius 3 is 2.30 bits per heavy atom. The number of carbonyl (C=O) groups is 5. The smallest absolute Gasteiger partial charge is 0.410 e. The number of nitrogens with one attached hydrogen (secondary N) is 2. The van der Waals surface area contributed by atoms with Gasteiger partial charge in [0.25, 0.3) is 5.91 Å². The molecule has 1 aromatic carbocycles. The first-order chi connectivity index (χ1) is 23.4. The molecule has 0 aliphatic rings. The lowest BCUT2D eigenvalue weighted by Gasteiger charge is -2.37. The zero-order chi connectivity index (χ0) is 37.6. The van der Waals surface area contributed by atoms with E-state index < -0.39 is 53.1 Å². The molecule has 276 valence electrons. The predicted octanol–water partition coefficient (Wildman–Crippen LogP) is 6.02. The van der Waals surface area contributed by atoms with Crippen molar-refractivity contribution in [3.8, 4) is 0 Å². The van der Waals surface area contributed by atoms with E-state index in [4.69, 9.17) is 14.2 Å². The van der Waals surface area contributed by atoms with Gasteiger partial charge in [-0.2, -0.15) is 0 Å². The Kier molecular flexibility index (Phi) is 16.1. The quantitative estimate of drug-likeness (QED) is 0.0770. The monoisotopic (exact) mass is 714 g/mol. The van der Waals surface area contributed by atoms with Crippen LogP contribution in [0.15, 0.2) is 48.4 Å². The summed E-state index contributed by atoms with van der Waals surface area (Å²) >= 11 is 1.16. The molecule has 0 radical (unpaired) electrons. The van der Waals surface area contributed by atoms with Crippen molar-refractivity contribution < 1.29 is 38.2 Å². The summed E-state index contributed by atoms with van der Waals surface area (Å²) in [5.74, 6) is -1.58. The van der Waals surface area contributed by atoms with E-state index in [0.29, 0.717) is 17.8 Å². The minimum atomic E-state index is -1.26. The summed E-state index contributed by atoms with van der Waals surface area (Å²) in [4.78, 5) is 70.7. The third-order valence-electron chi connectivity index (χ3n) is 8.06. The highest BCUT2D eigenvalue weighted by atomic mass is 32.1. The maximum Gasteiger partial charge on any atom is 0.410 e. The molecule has 12 nitrogen and oxygen atoms in total. The molecule has 1 unspecified atom stereocenters. The molecule has 0 spiro atoms. The first kappa shape index (κ1) is 41.9. The van der Waals surface area contributed by atoms with E-state index in [0.717, 1.165) is 16.9 Å². The Morgan fingerprint density at radius 2 is 1.74 bits per heavy atom. The Bertz CT molecular complexity index is 1440. The fourth-order valence-electron chi connectivity index (χ4n) is 5.44. The van der Waals surface area contributed by atoms with Gasteiger partial charge in [-0.25, -0.2) is 9.78 Å². The number of ether oxygens (including phenoxy) is 3. The molecule has 0 saturated heterocycles. The number of hydrogen-bond donors (Lipinski definition) is 2. The Balaban J connectivity index is 2.47. The average Bonchev–Trinajstić information content (AvgIpc) is 3.54. The number of thiazole rings is 1. The fraction of sp³-hybridized carbons (Fsp3) is 0.568. The van der Waals surface area contributed by atoms with Crippen LogP contribution in [0.5, 0.6) is 0 Å². The molecule has 2 N–H and O–H groups in total. The standard InChI is InChI=1S/C37H54N4O8S/c1-11-16-30(43)48-29(21-28(24(3)4)41(10)35(46)49-36(5,6)7)33-40-27(22-50-33)32(44)39-26(20-25-17-14-13-15-18-25)31(38-23-42)37(8,9)34(45)47-19-12-2/h12-15,17-18,22-24,26,28-29,31H,2,11,16,19-21H2,1,3-10H3,(H,38,42)(H,39,44)/t26-,28-,29-,31?/m1/s1. The maximum absolute atomic E-state index is 13.9. The summed E-state index contributed by atoms with van der Waals surface area (Å²) in [5, 5.41) is 7.69. The number of hydrogen-bond acceptors (Lipinski definition) is 10. The van der Waals surface area contributed by atoms with Gasteiger partial charge in [-0.1, -0.05) is 63.8 Å². The van der Waals surface area contributed by atoms with Gasteiger partial charge in [-0.3, -0.25) is 19.2 Å². The number of carbonyl (C=O) groups excluding carboxylic acids is 5. The van der Waals surface area contributed by atoms with E-state index in [1.807, 2.05) is 51.1 Å². The SMILES string of the molecule is C=CCOC(=O)C(C)(C)C(NC=O)[C@@H](Cc1ccccc1)NC(=O)c1csc([C@@H](C[C@H](C(C)C)N(C)C(=O)OC(C)(C)C)OC(=O)CCC)n1. The first-order valence-corrected chi connectivity index (χ1v) is 17.8. The molecule has 1 heterocycles. The lowest BCUT2D eigenvalue weighted by atomic mass is 9.78. The number of benzene rings is 1. The van der Waals surface area contributed by atoms with Gasteiger partial charge in [0.15, 0.2) is 6.10 Å². The van der Waals surface area contributed by atoms with Crippen molar-refractivity contribution in [1.29, 1.82) is 0 Å². The van der Waals surface area contributed by atoms with Crippen molar-refractivity contribution >= 4 is 41.7 Å². The Morgan fingerprint density at radius 1 is 1.08 bits per heavy atom. The van der Waals surface area contributed by atoms with Gasteiger partial charge < -0.3 is 29.7 Å². The van der Waals surface area contributed by atoms with Crippen LogP contribution in [0.25, 0.3) is 0 Å². The maximum atomic E-state index is 13.9. The molecule has 2 rings (SSSR count). The molecule has 3 amide bonds. The van der Waals surface area contributed by atoms with Gasteiger partial charge >= 0.3 is 18.0 Å². The third kappa shape index (κ3) is 12.6. The second-order valence-electron chi connectivity index (χ2n) is 14.1. The van der Waals surface area contributed by atoms with E-state index in [-0.39, 0.29) is 43.5 Å². The topological polar surface area (TPSA) is 153 Å². The van der Waals surface area contributed by atoms with Crippen LogP contribution >= 0.6 is 11.3 Å². The van der Waals surface area contributed by atoms with E-state index >= 15 is 0 Å². The molecule has 0 aliphatic heterocycles. The lowest BCUT2D eigenvalue weighted by molar-refractivity contribution is -0.155. The summed E-state index contributed by atoms with van der Waals surface area (Å²) in [6.45, 7) is 18.0. The minimum Gasteiger partial charge on any atom is -0.461 e. The van der Waals surface area contributed by atoms with E-state index in [1.165, 1.54) is 11.0 Å². The van der Waals surface area contributed by atoms with Crippen LogP contribution in [0.3, 0.4) is 0 Å². The summed E-state index contributed by atoms with van der Waals surface area (Å²) in [6, 6.07) is 7.32. The zero-order valence-corrected chi connectivity index (χ0v) is 31.6. The van der Waals surface area contributed by atoms with Crippen LogP contribution in [0, 0.1) is 11.3 Å². The fourth-order valence-corrected chi connectivity index (χ4v) is 6.28. The molecule has 50 heavy (non-hydrogen) atoms. The Labute approximate surface area is 300 Å². The first-order valence-electron chi connectivity index (χ1n) is 16.9. The molecular weight excluding hydrogens is 660 g/mol. The van der Waals surface area contributed by atoms with Crippen LogP contribution < -0.4 is 10.6 Å². The van der Waals surface area contributed by atoms with E-state index in [1.54, 1.807) is 47.0 Å². The van der Waals surface area contributed by atoms with Crippen molar-refractivity contribution in [2.24, 2.45) is 11.3 Å². The van der Waals surface area contributed by atoms with E-state index in [9.17, 15) is 24.0 Å². The van der Waals surface area contributed by atoms with Crippen LogP contribution in [-0.4, -0.2) is 77.6 Å².